The molecule has 0 aliphatic carbocycles. The average molecular weight is 390 g/mol. The third-order valence-electron chi connectivity index (χ3n) is 4.86. The zero-order valence-electron chi connectivity index (χ0n) is 15.9. The molecule has 29 heavy (non-hydrogen) atoms. The fourth-order valence-corrected chi connectivity index (χ4v) is 3.42. The van der Waals surface area contributed by atoms with E-state index in [1.165, 1.54) is 0 Å². The van der Waals surface area contributed by atoms with Gasteiger partial charge in [-0.05, 0) is 17.7 Å². The van der Waals surface area contributed by atoms with Crippen molar-refractivity contribution in [3.63, 3.8) is 0 Å². The molecule has 1 aliphatic heterocycles. The minimum Gasteiger partial charge on any atom is -0.482 e. The molecular formula is C22H22N4O3. The van der Waals surface area contributed by atoms with Crippen LogP contribution < -0.4 is 15.0 Å². The van der Waals surface area contributed by atoms with E-state index in [0.29, 0.717) is 24.4 Å². The Labute approximate surface area is 168 Å². The molecule has 2 amide bonds. The number of ether oxygens (including phenoxy) is 1. The molecule has 3 aromatic rings. The van der Waals surface area contributed by atoms with Crippen LogP contribution in [0.4, 0.5) is 5.69 Å². The molecule has 0 spiro atoms. The predicted octanol–water partition coefficient (Wildman–Crippen LogP) is 2.63. The van der Waals surface area contributed by atoms with Crippen LogP contribution in [0, 0.1) is 0 Å². The number of fused-ring (bicyclic) bond motifs is 1. The summed E-state index contributed by atoms with van der Waals surface area (Å²) in [5.41, 5.74) is 1.71. The zero-order chi connectivity index (χ0) is 20.1. The van der Waals surface area contributed by atoms with Gasteiger partial charge in [0.1, 0.15) is 11.6 Å². The van der Waals surface area contributed by atoms with Gasteiger partial charge in [-0.15, -0.1) is 0 Å². The zero-order valence-corrected chi connectivity index (χ0v) is 15.9. The van der Waals surface area contributed by atoms with Crippen LogP contribution in [0.15, 0.2) is 67.0 Å². The highest BCUT2D eigenvalue weighted by atomic mass is 16.5. The fourth-order valence-electron chi connectivity index (χ4n) is 3.42. The summed E-state index contributed by atoms with van der Waals surface area (Å²) in [7, 11) is 0. The van der Waals surface area contributed by atoms with Gasteiger partial charge in [-0.3, -0.25) is 9.59 Å². The van der Waals surface area contributed by atoms with Gasteiger partial charge in [0.25, 0.3) is 5.91 Å². The van der Waals surface area contributed by atoms with E-state index in [-0.39, 0.29) is 30.9 Å². The molecule has 0 saturated carbocycles. The van der Waals surface area contributed by atoms with Gasteiger partial charge >= 0.3 is 0 Å². The molecule has 1 atom stereocenters. The molecular weight excluding hydrogens is 368 g/mol. The SMILES string of the molecule is O=C(CCN1C(=O)COc2ccccc21)NC(Cc1ncc[nH]1)c1ccccc1. The van der Waals surface area contributed by atoms with Gasteiger partial charge in [-0.1, -0.05) is 42.5 Å². The summed E-state index contributed by atoms with van der Waals surface area (Å²) in [5, 5.41) is 3.08. The van der Waals surface area contributed by atoms with Gasteiger partial charge in [-0.25, -0.2) is 4.98 Å². The number of benzene rings is 2. The molecule has 0 saturated heterocycles. The van der Waals surface area contributed by atoms with Crippen LogP contribution in [0.2, 0.25) is 0 Å². The van der Waals surface area contributed by atoms with Crippen molar-refractivity contribution in [2.24, 2.45) is 0 Å². The Kier molecular flexibility index (Phi) is 5.56. The predicted molar refractivity (Wildman–Crippen MR) is 109 cm³/mol. The van der Waals surface area contributed by atoms with Crippen molar-refractivity contribution in [1.82, 2.24) is 15.3 Å². The van der Waals surface area contributed by atoms with Crippen LogP contribution in [-0.2, 0) is 16.0 Å². The average Bonchev–Trinajstić information content (AvgIpc) is 3.26. The summed E-state index contributed by atoms with van der Waals surface area (Å²) in [6, 6.07) is 16.9. The summed E-state index contributed by atoms with van der Waals surface area (Å²) in [6.07, 6.45) is 4.21. The molecule has 2 heterocycles. The smallest absolute Gasteiger partial charge is 0.265 e. The first-order valence-corrected chi connectivity index (χ1v) is 9.55. The fraction of sp³-hybridized carbons (Fsp3) is 0.227. The molecule has 1 aliphatic rings. The van der Waals surface area contributed by atoms with E-state index in [4.69, 9.17) is 4.74 Å². The van der Waals surface area contributed by atoms with Crippen molar-refractivity contribution in [2.45, 2.75) is 18.9 Å². The van der Waals surface area contributed by atoms with Gasteiger partial charge in [0, 0.05) is 31.8 Å². The molecule has 1 aromatic heterocycles. The Balaban J connectivity index is 1.43. The van der Waals surface area contributed by atoms with Crippen molar-refractivity contribution < 1.29 is 14.3 Å². The topological polar surface area (TPSA) is 87.3 Å². The van der Waals surface area contributed by atoms with Crippen LogP contribution >= 0.6 is 0 Å². The number of carbonyl (C=O) groups is 2. The van der Waals surface area contributed by atoms with Gasteiger partial charge in [0.15, 0.2) is 6.61 Å². The molecule has 0 bridgehead atoms. The molecule has 7 nitrogen and oxygen atoms in total. The van der Waals surface area contributed by atoms with Crippen LogP contribution in [0.1, 0.15) is 23.9 Å². The molecule has 0 fully saturated rings. The highest BCUT2D eigenvalue weighted by Gasteiger charge is 2.26. The third-order valence-corrected chi connectivity index (χ3v) is 4.86. The maximum Gasteiger partial charge on any atom is 0.265 e. The Bertz CT molecular complexity index is 973. The number of amides is 2. The lowest BCUT2D eigenvalue weighted by Gasteiger charge is -2.29. The Morgan fingerprint density at radius 2 is 1.97 bits per heavy atom. The maximum atomic E-state index is 12.7. The summed E-state index contributed by atoms with van der Waals surface area (Å²) in [4.78, 5) is 34.0. The van der Waals surface area contributed by atoms with E-state index >= 15 is 0 Å². The molecule has 7 heteroatoms. The minimum absolute atomic E-state index is 0.0102. The molecule has 4 rings (SSSR count). The van der Waals surface area contributed by atoms with Crippen molar-refractivity contribution in [2.75, 3.05) is 18.1 Å². The lowest BCUT2D eigenvalue weighted by atomic mass is 10.0. The monoisotopic (exact) mass is 390 g/mol. The Morgan fingerprint density at radius 3 is 2.76 bits per heavy atom. The van der Waals surface area contributed by atoms with E-state index in [9.17, 15) is 9.59 Å². The molecule has 148 valence electrons. The number of anilines is 1. The molecule has 2 aromatic carbocycles. The number of nitrogens with zero attached hydrogens (tertiary/aromatic N) is 2. The van der Waals surface area contributed by atoms with Crippen molar-refractivity contribution in [3.8, 4) is 5.75 Å². The number of rotatable bonds is 7. The third kappa shape index (κ3) is 4.45. The largest absolute Gasteiger partial charge is 0.482 e. The second kappa shape index (κ2) is 8.60. The molecule has 2 N–H and O–H groups in total. The Morgan fingerprint density at radius 1 is 1.17 bits per heavy atom. The second-order valence-electron chi connectivity index (χ2n) is 6.82. The quantitative estimate of drug-likeness (QED) is 0.649. The highest BCUT2D eigenvalue weighted by Crippen LogP contribution is 2.31. The summed E-state index contributed by atoms with van der Waals surface area (Å²) >= 11 is 0. The highest BCUT2D eigenvalue weighted by molar-refractivity contribution is 5.98. The maximum absolute atomic E-state index is 12.7. The molecule has 1 unspecified atom stereocenters. The second-order valence-corrected chi connectivity index (χ2v) is 6.82. The Hall–Kier alpha value is -3.61. The van der Waals surface area contributed by atoms with E-state index in [1.807, 2.05) is 54.6 Å². The number of H-pyrrole nitrogens is 1. The lowest BCUT2D eigenvalue weighted by molar-refractivity contribution is -0.122. The number of hydrogen-bond acceptors (Lipinski definition) is 4. The first-order valence-electron chi connectivity index (χ1n) is 9.55. The van der Waals surface area contributed by atoms with Crippen molar-refractivity contribution in [1.29, 1.82) is 0 Å². The van der Waals surface area contributed by atoms with E-state index in [1.54, 1.807) is 17.3 Å². The number of para-hydroxylation sites is 2. The summed E-state index contributed by atoms with van der Waals surface area (Å²) in [6.45, 7) is 0.289. The number of nitrogens with one attached hydrogen (secondary N) is 2. The van der Waals surface area contributed by atoms with Crippen LogP contribution in [0.5, 0.6) is 5.75 Å². The number of aromatic nitrogens is 2. The minimum atomic E-state index is -0.206. The van der Waals surface area contributed by atoms with Crippen LogP contribution in [-0.4, -0.2) is 34.9 Å². The van der Waals surface area contributed by atoms with Gasteiger partial charge in [0.2, 0.25) is 5.91 Å². The van der Waals surface area contributed by atoms with Crippen molar-refractivity contribution >= 4 is 17.5 Å². The number of imidazole rings is 1. The normalized spacial score (nSPS) is 14.1. The number of aromatic amines is 1. The van der Waals surface area contributed by atoms with Crippen LogP contribution in [0.25, 0.3) is 0 Å². The first kappa shape index (κ1) is 18.7. The van der Waals surface area contributed by atoms with E-state index in [2.05, 4.69) is 15.3 Å². The summed E-state index contributed by atoms with van der Waals surface area (Å²) < 4.78 is 5.45. The van der Waals surface area contributed by atoms with Gasteiger partial charge < -0.3 is 19.9 Å². The summed E-state index contributed by atoms with van der Waals surface area (Å²) in [5.74, 6) is 1.19. The number of hydrogen-bond donors (Lipinski definition) is 2. The van der Waals surface area contributed by atoms with E-state index in [0.717, 1.165) is 11.4 Å². The van der Waals surface area contributed by atoms with E-state index < -0.39 is 0 Å². The number of carbonyl (C=O) groups excluding carboxylic acids is 2. The lowest BCUT2D eigenvalue weighted by Crippen LogP contribution is -2.41. The molecule has 0 radical (unpaired) electrons. The van der Waals surface area contributed by atoms with Crippen molar-refractivity contribution in [3.05, 3.63) is 78.4 Å². The van der Waals surface area contributed by atoms with Gasteiger partial charge in [-0.2, -0.15) is 0 Å². The first-order chi connectivity index (χ1) is 14.2. The van der Waals surface area contributed by atoms with Gasteiger partial charge in [0.05, 0.1) is 11.7 Å². The standard InChI is InChI=1S/C22H22N4O3/c27-21(10-13-26-18-8-4-5-9-19(18)29-15-22(26)28)25-17(14-20-23-11-12-24-20)16-6-2-1-3-7-16/h1-9,11-12,17H,10,13-15H2,(H,23,24)(H,25,27). The van der Waals surface area contributed by atoms with Crippen LogP contribution in [0.3, 0.4) is 0 Å².